The maximum Gasteiger partial charge on any atom is 0.256 e. The molecule has 8 nitrogen and oxygen atoms in total. The van der Waals surface area contributed by atoms with Crippen LogP contribution in [0.25, 0.3) is 28.0 Å². The summed E-state index contributed by atoms with van der Waals surface area (Å²) in [7, 11) is 0. The summed E-state index contributed by atoms with van der Waals surface area (Å²) >= 11 is 0. The van der Waals surface area contributed by atoms with E-state index >= 15 is 0 Å². The molecule has 0 aliphatic rings. The lowest BCUT2D eigenvalue weighted by molar-refractivity contribution is 0.147. The molecule has 0 atom stereocenters. The minimum atomic E-state index is -1.12. The van der Waals surface area contributed by atoms with E-state index in [0.29, 0.717) is 33.5 Å². The molecular formula is C25H26FN5O3. The first-order valence-corrected chi connectivity index (χ1v) is 10.8. The molecule has 0 spiro atoms. The van der Waals surface area contributed by atoms with Crippen LogP contribution in [-0.4, -0.2) is 43.5 Å². The van der Waals surface area contributed by atoms with Crippen molar-refractivity contribution < 1.29 is 14.6 Å². The van der Waals surface area contributed by atoms with Crippen molar-refractivity contribution in [3.8, 4) is 16.9 Å². The number of fused-ring (bicyclic) bond motifs is 1. The fraction of sp³-hybridized carbons (Fsp3) is 0.240. The van der Waals surface area contributed by atoms with Gasteiger partial charge in [0.2, 0.25) is 5.95 Å². The van der Waals surface area contributed by atoms with Gasteiger partial charge in [0.25, 0.3) is 5.56 Å². The number of para-hydroxylation sites is 1. The topological polar surface area (TPSA) is 126 Å². The minimum Gasteiger partial charge on any atom is -0.394 e. The second kappa shape index (κ2) is 9.30. The molecule has 4 aromatic rings. The SMILES string of the molecule is Cc1ccccc1-n1c(=O)ccc2c(-c3ccc(F)cc3CN)nc(NC(C)(CO)CO)nc21. The van der Waals surface area contributed by atoms with Crippen molar-refractivity contribution in [2.24, 2.45) is 5.73 Å². The Balaban J connectivity index is 2.10. The predicted molar refractivity (Wildman–Crippen MR) is 129 cm³/mol. The Bertz CT molecular complexity index is 1420. The van der Waals surface area contributed by atoms with E-state index in [1.54, 1.807) is 19.1 Å². The van der Waals surface area contributed by atoms with Crippen molar-refractivity contribution in [2.75, 3.05) is 18.5 Å². The third-order valence-electron chi connectivity index (χ3n) is 5.76. The maximum absolute atomic E-state index is 13.9. The Labute approximate surface area is 195 Å². The number of benzene rings is 2. The predicted octanol–water partition coefficient (Wildman–Crippen LogP) is 2.51. The van der Waals surface area contributed by atoms with Crippen molar-refractivity contribution in [1.82, 2.24) is 14.5 Å². The number of anilines is 1. The molecule has 9 heteroatoms. The number of aliphatic hydroxyl groups is 2. The summed E-state index contributed by atoms with van der Waals surface area (Å²) in [5.41, 5.74) is 7.89. The highest BCUT2D eigenvalue weighted by Gasteiger charge is 2.25. The highest BCUT2D eigenvalue weighted by molar-refractivity contribution is 5.93. The van der Waals surface area contributed by atoms with E-state index in [1.807, 2.05) is 31.2 Å². The standard InChI is InChI=1S/C25H26FN5O3/c1-15-5-3-4-6-20(15)31-21(34)10-9-19-22(18-8-7-17(26)11-16(18)12-27)28-24(29-23(19)31)30-25(2,13-32)14-33/h3-11,32-33H,12-14,27H2,1-2H3,(H,28,29,30). The Hall–Kier alpha value is -3.66. The summed E-state index contributed by atoms with van der Waals surface area (Å²) in [5, 5.41) is 23.1. The van der Waals surface area contributed by atoms with Gasteiger partial charge in [0.15, 0.2) is 5.65 Å². The van der Waals surface area contributed by atoms with Crippen molar-refractivity contribution in [1.29, 1.82) is 0 Å². The summed E-state index contributed by atoms with van der Waals surface area (Å²) in [6.45, 7) is 2.81. The normalized spacial score (nSPS) is 11.7. The second-order valence-electron chi connectivity index (χ2n) is 8.43. The molecule has 0 fully saturated rings. The van der Waals surface area contributed by atoms with Gasteiger partial charge in [-0.1, -0.05) is 18.2 Å². The lowest BCUT2D eigenvalue weighted by Crippen LogP contribution is -2.43. The number of aliphatic hydroxyl groups excluding tert-OH is 2. The number of hydrogen-bond acceptors (Lipinski definition) is 7. The quantitative estimate of drug-likeness (QED) is 0.332. The molecule has 0 saturated carbocycles. The molecule has 0 aliphatic carbocycles. The lowest BCUT2D eigenvalue weighted by Gasteiger charge is -2.27. The molecule has 5 N–H and O–H groups in total. The van der Waals surface area contributed by atoms with Crippen molar-refractivity contribution in [3.05, 3.63) is 81.9 Å². The zero-order valence-electron chi connectivity index (χ0n) is 18.9. The van der Waals surface area contributed by atoms with Gasteiger partial charge >= 0.3 is 0 Å². The molecular weight excluding hydrogens is 437 g/mol. The Morgan fingerprint density at radius 3 is 2.50 bits per heavy atom. The summed E-state index contributed by atoms with van der Waals surface area (Å²) in [6, 6.07) is 14.7. The number of rotatable bonds is 7. The Morgan fingerprint density at radius 1 is 1.09 bits per heavy atom. The molecule has 2 aromatic heterocycles. The number of nitrogens with one attached hydrogen (secondary N) is 1. The third kappa shape index (κ3) is 4.28. The van der Waals surface area contributed by atoms with Gasteiger partial charge in [-0.25, -0.2) is 9.37 Å². The van der Waals surface area contributed by atoms with Crippen molar-refractivity contribution >= 4 is 17.0 Å². The zero-order chi connectivity index (χ0) is 24.5. The number of aromatic nitrogens is 3. The van der Waals surface area contributed by atoms with Crippen LogP contribution in [0.4, 0.5) is 10.3 Å². The molecule has 0 saturated heterocycles. The fourth-order valence-electron chi connectivity index (χ4n) is 3.78. The fourth-order valence-corrected chi connectivity index (χ4v) is 3.78. The Kier molecular flexibility index (Phi) is 6.43. The molecule has 0 radical (unpaired) electrons. The van der Waals surface area contributed by atoms with Gasteiger partial charge < -0.3 is 21.3 Å². The van der Waals surface area contributed by atoms with Crippen molar-refractivity contribution in [2.45, 2.75) is 25.9 Å². The molecule has 176 valence electrons. The molecule has 2 heterocycles. The van der Waals surface area contributed by atoms with Crippen LogP contribution < -0.4 is 16.6 Å². The van der Waals surface area contributed by atoms with Gasteiger partial charge in [-0.2, -0.15) is 4.98 Å². The van der Waals surface area contributed by atoms with E-state index in [2.05, 4.69) is 15.3 Å². The number of hydrogen-bond donors (Lipinski definition) is 4. The van der Waals surface area contributed by atoms with E-state index in [4.69, 9.17) is 5.73 Å². The summed E-state index contributed by atoms with van der Waals surface area (Å²) in [6.07, 6.45) is 0. The van der Waals surface area contributed by atoms with Gasteiger partial charge in [0.1, 0.15) is 5.82 Å². The maximum atomic E-state index is 13.9. The Morgan fingerprint density at radius 2 is 1.82 bits per heavy atom. The molecule has 34 heavy (non-hydrogen) atoms. The van der Waals surface area contributed by atoms with E-state index in [0.717, 1.165) is 5.56 Å². The smallest absolute Gasteiger partial charge is 0.256 e. The van der Waals surface area contributed by atoms with Gasteiger partial charge in [0, 0.05) is 23.6 Å². The summed E-state index contributed by atoms with van der Waals surface area (Å²) in [4.78, 5) is 22.3. The average molecular weight is 464 g/mol. The van der Waals surface area contributed by atoms with Gasteiger partial charge in [0.05, 0.1) is 30.1 Å². The van der Waals surface area contributed by atoms with E-state index in [1.165, 1.54) is 22.8 Å². The average Bonchev–Trinajstić information content (AvgIpc) is 2.84. The monoisotopic (exact) mass is 463 g/mol. The highest BCUT2D eigenvalue weighted by atomic mass is 19.1. The van der Waals surface area contributed by atoms with E-state index in [-0.39, 0.29) is 31.3 Å². The number of pyridine rings is 1. The van der Waals surface area contributed by atoms with Crippen LogP contribution in [0.1, 0.15) is 18.1 Å². The first kappa shape index (κ1) is 23.5. The summed E-state index contributed by atoms with van der Waals surface area (Å²) < 4.78 is 15.4. The number of aryl methyl sites for hydroxylation is 1. The number of nitrogens with two attached hydrogens (primary N) is 1. The van der Waals surface area contributed by atoms with Crippen LogP contribution in [0.15, 0.2) is 59.4 Å². The van der Waals surface area contributed by atoms with Crippen LogP contribution in [-0.2, 0) is 6.54 Å². The largest absolute Gasteiger partial charge is 0.394 e. The molecule has 0 aliphatic heterocycles. The van der Waals surface area contributed by atoms with Gasteiger partial charge in [-0.3, -0.25) is 9.36 Å². The molecule has 0 bridgehead atoms. The van der Waals surface area contributed by atoms with E-state index in [9.17, 15) is 19.4 Å². The number of nitrogens with zero attached hydrogens (tertiary/aromatic N) is 3. The molecule has 4 rings (SSSR count). The van der Waals surface area contributed by atoms with Crippen LogP contribution in [0.5, 0.6) is 0 Å². The van der Waals surface area contributed by atoms with Crippen LogP contribution >= 0.6 is 0 Å². The van der Waals surface area contributed by atoms with Gasteiger partial charge in [-0.15, -0.1) is 0 Å². The second-order valence-corrected chi connectivity index (χ2v) is 8.43. The van der Waals surface area contributed by atoms with Gasteiger partial charge in [-0.05, 0) is 55.3 Å². The first-order chi connectivity index (χ1) is 16.3. The van der Waals surface area contributed by atoms with Crippen LogP contribution in [0.3, 0.4) is 0 Å². The molecule has 0 amide bonds. The number of halogens is 1. The highest BCUT2D eigenvalue weighted by Crippen LogP contribution is 2.31. The van der Waals surface area contributed by atoms with E-state index < -0.39 is 11.4 Å². The first-order valence-electron chi connectivity index (χ1n) is 10.8. The third-order valence-corrected chi connectivity index (χ3v) is 5.76. The summed E-state index contributed by atoms with van der Waals surface area (Å²) in [5.74, 6) is -0.334. The molecule has 0 unspecified atom stereocenters. The molecule has 2 aromatic carbocycles. The zero-order valence-corrected chi connectivity index (χ0v) is 18.9. The minimum absolute atomic E-state index is 0.0732. The van der Waals surface area contributed by atoms with Crippen molar-refractivity contribution in [3.63, 3.8) is 0 Å². The van der Waals surface area contributed by atoms with Crippen LogP contribution in [0, 0.1) is 12.7 Å². The lowest BCUT2D eigenvalue weighted by atomic mass is 10.0. The van der Waals surface area contributed by atoms with Crippen LogP contribution in [0.2, 0.25) is 0 Å².